The number of hydrogen-bond acceptors (Lipinski definition) is 7. The summed E-state index contributed by atoms with van der Waals surface area (Å²) in [6, 6.07) is 0. The van der Waals surface area contributed by atoms with Crippen molar-refractivity contribution in [1.82, 2.24) is 30.5 Å². The Bertz CT molecular complexity index is 548. The minimum absolute atomic E-state index is 0.0457. The third-order valence-corrected chi connectivity index (χ3v) is 2.35. The van der Waals surface area contributed by atoms with Crippen molar-refractivity contribution < 1.29 is 9.21 Å². The second-order valence-corrected chi connectivity index (χ2v) is 3.83. The first-order valence-corrected chi connectivity index (χ1v) is 5.88. The Kier molecular flexibility index (Phi) is 4.18. The van der Waals surface area contributed by atoms with Gasteiger partial charge in [0.2, 0.25) is 17.7 Å². The van der Waals surface area contributed by atoms with E-state index >= 15 is 0 Å². The summed E-state index contributed by atoms with van der Waals surface area (Å²) >= 11 is 0. The molecule has 0 aromatic carbocycles. The Morgan fingerprint density at radius 1 is 1.42 bits per heavy atom. The standard InChI is InChI=1S/C10H15N7O2/c1-2-9-14-15-10(19-9)6-17-5-7(13-16-17)4-12-8(18)3-11/h5H,2-4,6,11H2,1H3,(H,12,18). The van der Waals surface area contributed by atoms with Crippen LogP contribution in [0.2, 0.25) is 0 Å². The quantitative estimate of drug-likeness (QED) is 0.675. The van der Waals surface area contributed by atoms with Crippen molar-refractivity contribution in [2.24, 2.45) is 5.73 Å². The number of carbonyl (C=O) groups excluding carboxylic acids is 1. The van der Waals surface area contributed by atoms with E-state index in [1.807, 2.05) is 6.92 Å². The number of nitrogens with zero attached hydrogens (tertiary/aromatic N) is 5. The highest BCUT2D eigenvalue weighted by Crippen LogP contribution is 2.03. The van der Waals surface area contributed by atoms with E-state index in [0.717, 1.165) is 0 Å². The van der Waals surface area contributed by atoms with Crippen LogP contribution in [0.4, 0.5) is 0 Å². The van der Waals surface area contributed by atoms with Gasteiger partial charge in [0.25, 0.3) is 0 Å². The molecule has 0 aliphatic rings. The van der Waals surface area contributed by atoms with E-state index in [-0.39, 0.29) is 12.5 Å². The van der Waals surface area contributed by atoms with Crippen molar-refractivity contribution in [3.8, 4) is 0 Å². The smallest absolute Gasteiger partial charge is 0.237 e. The lowest BCUT2D eigenvalue weighted by Crippen LogP contribution is -2.29. The number of aryl methyl sites for hydroxylation is 1. The summed E-state index contributed by atoms with van der Waals surface area (Å²) in [5, 5.41) is 18.2. The fourth-order valence-electron chi connectivity index (χ4n) is 1.39. The largest absolute Gasteiger partial charge is 0.423 e. The molecule has 0 saturated carbocycles. The summed E-state index contributed by atoms with van der Waals surface area (Å²) in [6.45, 7) is 2.53. The first-order chi connectivity index (χ1) is 9.21. The van der Waals surface area contributed by atoms with Crippen LogP contribution < -0.4 is 11.1 Å². The molecule has 102 valence electrons. The molecule has 0 saturated heterocycles. The third-order valence-electron chi connectivity index (χ3n) is 2.35. The van der Waals surface area contributed by atoms with Crippen molar-refractivity contribution >= 4 is 5.91 Å². The lowest BCUT2D eigenvalue weighted by atomic mass is 10.4. The maximum absolute atomic E-state index is 11.0. The van der Waals surface area contributed by atoms with Crippen LogP contribution in [0.25, 0.3) is 0 Å². The molecule has 3 N–H and O–H groups in total. The Morgan fingerprint density at radius 3 is 2.89 bits per heavy atom. The highest BCUT2D eigenvalue weighted by Gasteiger charge is 2.08. The lowest BCUT2D eigenvalue weighted by molar-refractivity contribution is -0.119. The number of amides is 1. The topological polar surface area (TPSA) is 125 Å². The molecule has 2 heterocycles. The molecule has 0 radical (unpaired) electrons. The van der Waals surface area contributed by atoms with E-state index in [2.05, 4.69) is 25.8 Å². The summed E-state index contributed by atoms with van der Waals surface area (Å²) < 4.78 is 6.93. The van der Waals surface area contributed by atoms with Crippen LogP contribution in [0, 0.1) is 0 Å². The molecule has 0 spiro atoms. The number of nitrogens with two attached hydrogens (primary N) is 1. The Morgan fingerprint density at radius 2 is 2.21 bits per heavy atom. The van der Waals surface area contributed by atoms with Gasteiger partial charge in [-0.2, -0.15) is 0 Å². The first-order valence-electron chi connectivity index (χ1n) is 5.88. The number of nitrogens with one attached hydrogen (secondary N) is 1. The minimum Gasteiger partial charge on any atom is -0.423 e. The molecule has 0 bridgehead atoms. The van der Waals surface area contributed by atoms with Crippen molar-refractivity contribution in [2.75, 3.05) is 6.54 Å². The third kappa shape index (κ3) is 3.58. The highest BCUT2D eigenvalue weighted by atomic mass is 16.4. The van der Waals surface area contributed by atoms with Gasteiger partial charge in [0.1, 0.15) is 12.2 Å². The molecule has 2 aromatic heterocycles. The average Bonchev–Trinajstić information content (AvgIpc) is 3.05. The first kappa shape index (κ1) is 13.1. The van der Waals surface area contributed by atoms with Gasteiger partial charge < -0.3 is 15.5 Å². The summed E-state index contributed by atoms with van der Waals surface area (Å²) in [7, 11) is 0. The van der Waals surface area contributed by atoms with Gasteiger partial charge in [0.15, 0.2) is 0 Å². The van der Waals surface area contributed by atoms with E-state index < -0.39 is 0 Å². The van der Waals surface area contributed by atoms with Gasteiger partial charge in [-0.15, -0.1) is 15.3 Å². The molecule has 0 unspecified atom stereocenters. The van der Waals surface area contributed by atoms with E-state index in [1.54, 1.807) is 10.9 Å². The van der Waals surface area contributed by atoms with Crippen LogP contribution in [-0.2, 0) is 24.3 Å². The average molecular weight is 265 g/mol. The van der Waals surface area contributed by atoms with Gasteiger partial charge in [-0.25, -0.2) is 4.68 Å². The molecule has 9 nitrogen and oxygen atoms in total. The minimum atomic E-state index is -0.237. The fourth-order valence-corrected chi connectivity index (χ4v) is 1.39. The van der Waals surface area contributed by atoms with E-state index in [9.17, 15) is 4.79 Å². The zero-order valence-electron chi connectivity index (χ0n) is 10.5. The molecule has 1 amide bonds. The van der Waals surface area contributed by atoms with Gasteiger partial charge in [0, 0.05) is 6.42 Å². The van der Waals surface area contributed by atoms with Crippen LogP contribution in [0.15, 0.2) is 10.6 Å². The summed E-state index contributed by atoms with van der Waals surface area (Å²) in [5.74, 6) is 0.823. The Hall–Kier alpha value is -2.29. The molecule has 0 fully saturated rings. The number of aromatic nitrogens is 5. The Balaban J connectivity index is 1.91. The van der Waals surface area contributed by atoms with Crippen molar-refractivity contribution in [1.29, 1.82) is 0 Å². The van der Waals surface area contributed by atoms with E-state index in [0.29, 0.717) is 37.0 Å². The van der Waals surface area contributed by atoms with Crippen LogP contribution in [0.1, 0.15) is 24.4 Å². The normalized spacial score (nSPS) is 10.6. The number of carbonyl (C=O) groups is 1. The zero-order valence-corrected chi connectivity index (χ0v) is 10.5. The molecule has 19 heavy (non-hydrogen) atoms. The second kappa shape index (κ2) is 6.05. The maximum Gasteiger partial charge on any atom is 0.237 e. The van der Waals surface area contributed by atoms with Gasteiger partial charge in [-0.1, -0.05) is 12.1 Å². The monoisotopic (exact) mass is 265 g/mol. The number of rotatable bonds is 6. The summed E-state index contributed by atoms with van der Waals surface area (Å²) in [5.41, 5.74) is 5.81. The molecule has 2 aromatic rings. The summed E-state index contributed by atoms with van der Waals surface area (Å²) in [6.07, 6.45) is 2.40. The van der Waals surface area contributed by atoms with Gasteiger partial charge in [0.05, 0.1) is 19.3 Å². The van der Waals surface area contributed by atoms with Crippen LogP contribution >= 0.6 is 0 Å². The van der Waals surface area contributed by atoms with Crippen LogP contribution in [0.5, 0.6) is 0 Å². The van der Waals surface area contributed by atoms with E-state index in [4.69, 9.17) is 10.2 Å². The summed E-state index contributed by atoms with van der Waals surface area (Å²) in [4.78, 5) is 11.0. The van der Waals surface area contributed by atoms with Gasteiger partial charge >= 0.3 is 0 Å². The fraction of sp³-hybridized carbons (Fsp3) is 0.500. The van der Waals surface area contributed by atoms with Crippen molar-refractivity contribution in [3.05, 3.63) is 23.7 Å². The zero-order chi connectivity index (χ0) is 13.7. The molecule has 9 heteroatoms. The molecule has 0 atom stereocenters. The highest BCUT2D eigenvalue weighted by molar-refractivity contribution is 5.77. The van der Waals surface area contributed by atoms with Gasteiger partial charge in [-0.05, 0) is 0 Å². The van der Waals surface area contributed by atoms with Crippen molar-refractivity contribution in [3.63, 3.8) is 0 Å². The second-order valence-electron chi connectivity index (χ2n) is 3.83. The van der Waals surface area contributed by atoms with Crippen LogP contribution in [0.3, 0.4) is 0 Å². The molecule has 2 rings (SSSR count). The molecular formula is C10H15N7O2. The van der Waals surface area contributed by atoms with Crippen LogP contribution in [-0.4, -0.2) is 37.6 Å². The Labute approximate surface area is 109 Å². The number of hydrogen-bond donors (Lipinski definition) is 2. The molecule has 0 aliphatic heterocycles. The predicted octanol–water partition coefficient (Wildman–Crippen LogP) is -1.15. The SMILES string of the molecule is CCc1nnc(Cn2cc(CNC(=O)CN)nn2)o1. The molecule has 0 aliphatic carbocycles. The van der Waals surface area contributed by atoms with Gasteiger partial charge in [-0.3, -0.25) is 4.79 Å². The predicted molar refractivity (Wildman–Crippen MR) is 63.7 cm³/mol. The van der Waals surface area contributed by atoms with E-state index in [1.165, 1.54) is 0 Å². The van der Waals surface area contributed by atoms with Crippen molar-refractivity contribution in [2.45, 2.75) is 26.4 Å². The maximum atomic E-state index is 11.0. The molecular weight excluding hydrogens is 250 g/mol. The lowest BCUT2D eigenvalue weighted by Gasteiger charge is -1.98.